The number of aromatic nitrogens is 2. The van der Waals surface area contributed by atoms with E-state index in [-0.39, 0.29) is 30.3 Å². The topological polar surface area (TPSA) is 81.7 Å². The molecule has 2 fully saturated rings. The molecule has 0 spiro atoms. The van der Waals surface area contributed by atoms with Crippen molar-refractivity contribution in [1.82, 2.24) is 25.3 Å². The molecule has 1 saturated heterocycles. The first-order valence-electron chi connectivity index (χ1n) is 11.2. The lowest BCUT2D eigenvalue weighted by Crippen LogP contribution is -2.48. The van der Waals surface area contributed by atoms with E-state index in [0.717, 1.165) is 37.2 Å². The van der Waals surface area contributed by atoms with E-state index in [1.54, 1.807) is 17.0 Å². The van der Waals surface area contributed by atoms with Crippen LogP contribution in [0.4, 0.5) is 15.0 Å². The second-order valence-corrected chi connectivity index (χ2v) is 8.20. The third-order valence-corrected chi connectivity index (χ3v) is 5.85. The molecular weight excluding hydrogens is 411 g/mol. The van der Waals surface area contributed by atoms with Crippen LogP contribution < -0.4 is 10.2 Å². The second-order valence-electron chi connectivity index (χ2n) is 8.20. The van der Waals surface area contributed by atoms with Gasteiger partial charge in [0.05, 0.1) is 5.69 Å². The number of halogens is 1. The molecule has 4 rings (SSSR count). The molecule has 2 aliphatic rings. The number of hydrogen-bond donors (Lipinski definition) is 1. The predicted octanol–water partition coefficient (Wildman–Crippen LogP) is 2.52. The summed E-state index contributed by atoms with van der Waals surface area (Å²) in [6.07, 6.45) is 2.74. The van der Waals surface area contributed by atoms with Crippen molar-refractivity contribution < 1.29 is 14.0 Å². The molecule has 0 unspecified atom stereocenters. The highest BCUT2D eigenvalue weighted by Crippen LogP contribution is 2.27. The first kappa shape index (κ1) is 22.0. The molecule has 3 amide bonds. The number of urea groups is 1. The Bertz CT molecular complexity index is 933. The monoisotopic (exact) mass is 440 g/mol. The van der Waals surface area contributed by atoms with E-state index < -0.39 is 0 Å². The Kier molecular flexibility index (Phi) is 6.82. The van der Waals surface area contributed by atoms with Gasteiger partial charge in [-0.15, -0.1) is 10.2 Å². The van der Waals surface area contributed by atoms with Crippen molar-refractivity contribution in [2.45, 2.75) is 32.2 Å². The predicted molar refractivity (Wildman–Crippen MR) is 120 cm³/mol. The Balaban J connectivity index is 1.35. The van der Waals surface area contributed by atoms with E-state index in [4.69, 9.17) is 0 Å². The minimum Gasteiger partial charge on any atom is -0.353 e. The van der Waals surface area contributed by atoms with Gasteiger partial charge in [-0.25, -0.2) is 9.18 Å². The van der Waals surface area contributed by atoms with Gasteiger partial charge in [-0.3, -0.25) is 4.79 Å². The van der Waals surface area contributed by atoms with Gasteiger partial charge in [-0.2, -0.15) is 0 Å². The summed E-state index contributed by atoms with van der Waals surface area (Å²) in [4.78, 5) is 30.8. The number of carbonyl (C=O) groups excluding carboxylic acids is 2. The highest BCUT2D eigenvalue weighted by molar-refractivity contribution is 5.84. The molecule has 1 N–H and O–H groups in total. The largest absolute Gasteiger partial charge is 0.353 e. The lowest BCUT2D eigenvalue weighted by atomic mass is 10.1. The van der Waals surface area contributed by atoms with E-state index in [2.05, 4.69) is 20.4 Å². The van der Waals surface area contributed by atoms with Crippen LogP contribution in [0.5, 0.6) is 0 Å². The summed E-state index contributed by atoms with van der Waals surface area (Å²) in [5.41, 5.74) is 1.50. The summed E-state index contributed by atoms with van der Waals surface area (Å²) in [6.45, 7) is 5.22. The minimum atomic E-state index is -0.284. The number of carbonyl (C=O) groups is 2. The van der Waals surface area contributed by atoms with Gasteiger partial charge in [-0.05, 0) is 62.6 Å². The molecule has 8 nitrogen and oxygen atoms in total. The highest BCUT2D eigenvalue weighted by Gasteiger charge is 2.34. The van der Waals surface area contributed by atoms with E-state index in [0.29, 0.717) is 31.9 Å². The Morgan fingerprint density at radius 1 is 1.06 bits per heavy atom. The zero-order valence-electron chi connectivity index (χ0n) is 18.3. The summed E-state index contributed by atoms with van der Waals surface area (Å²) in [5, 5.41) is 11.5. The lowest BCUT2D eigenvalue weighted by molar-refractivity contribution is -0.131. The van der Waals surface area contributed by atoms with Crippen molar-refractivity contribution in [2.24, 2.45) is 0 Å². The Morgan fingerprint density at radius 2 is 1.84 bits per heavy atom. The maximum atomic E-state index is 13.1. The smallest absolute Gasteiger partial charge is 0.318 e. The van der Waals surface area contributed by atoms with Crippen LogP contribution in [-0.2, 0) is 4.79 Å². The van der Waals surface area contributed by atoms with Gasteiger partial charge in [0.25, 0.3) is 0 Å². The van der Waals surface area contributed by atoms with Gasteiger partial charge < -0.3 is 20.0 Å². The summed E-state index contributed by atoms with van der Waals surface area (Å²) in [7, 11) is 0. The lowest BCUT2D eigenvalue weighted by Gasteiger charge is -2.27. The molecule has 170 valence electrons. The first-order valence-corrected chi connectivity index (χ1v) is 11.2. The standard InChI is InChI=1S/C23H29FN6O2/c1-2-25-23(32)30(19-8-9-19)16-22(31)29-13-3-12-28(14-15-29)21-11-10-20(26-27-21)17-4-6-18(24)7-5-17/h4-7,10-11,19H,2-3,8-9,12-16H2,1H3,(H,25,32). The highest BCUT2D eigenvalue weighted by atomic mass is 19.1. The number of amides is 3. The maximum Gasteiger partial charge on any atom is 0.318 e. The molecule has 32 heavy (non-hydrogen) atoms. The molecule has 1 saturated carbocycles. The average Bonchev–Trinajstić information content (AvgIpc) is 3.65. The number of benzene rings is 1. The van der Waals surface area contributed by atoms with Crippen molar-refractivity contribution in [2.75, 3.05) is 44.2 Å². The van der Waals surface area contributed by atoms with Crippen LogP contribution in [0.1, 0.15) is 26.2 Å². The van der Waals surface area contributed by atoms with E-state index in [9.17, 15) is 14.0 Å². The van der Waals surface area contributed by atoms with E-state index in [1.807, 2.05) is 24.0 Å². The molecule has 1 aliphatic heterocycles. The zero-order valence-corrected chi connectivity index (χ0v) is 18.3. The SMILES string of the molecule is CCNC(=O)N(CC(=O)N1CCCN(c2ccc(-c3ccc(F)cc3)nn2)CC1)C1CC1. The molecule has 0 bridgehead atoms. The molecule has 0 radical (unpaired) electrons. The Morgan fingerprint density at radius 3 is 2.50 bits per heavy atom. The molecule has 0 atom stereocenters. The number of nitrogens with zero attached hydrogens (tertiary/aromatic N) is 5. The van der Waals surface area contributed by atoms with Gasteiger partial charge in [0.1, 0.15) is 12.4 Å². The molecular formula is C23H29FN6O2. The maximum absolute atomic E-state index is 13.1. The third-order valence-electron chi connectivity index (χ3n) is 5.85. The second kappa shape index (κ2) is 9.93. The van der Waals surface area contributed by atoms with E-state index >= 15 is 0 Å². The van der Waals surface area contributed by atoms with Gasteiger partial charge in [0.2, 0.25) is 5.91 Å². The van der Waals surface area contributed by atoms with Crippen molar-refractivity contribution in [1.29, 1.82) is 0 Å². The third kappa shape index (κ3) is 5.33. The quantitative estimate of drug-likeness (QED) is 0.747. The van der Waals surface area contributed by atoms with Crippen LogP contribution in [0, 0.1) is 5.82 Å². The summed E-state index contributed by atoms with van der Waals surface area (Å²) >= 11 is 0. The first-order chi connectivity index (χ1) is 15.5. The van der Waals surface area contributed by atoms with E-state index in [1.165, 1.54) is 12.1 Å². The fourth-order valence-electron chi connectivity index (χ4n) is 3.92. The fraction of sp³-hybridized carbons (Fsp3) is 0.478. The summed E-state index contributed by atoms with van der Waals surface area (Å²) < 4.78 is 13.1. The average molecular weight is 441 g/mol. The Hall–Kier alpha value is -3.23. The van der Waals surface area contributed by atoms with Gasteiger partial charge in [0.15, 0.2) is 5.82 Å². The van der Waals surface area contributed by atoms with Crippen LogP contribution in [0.15, 0.2) is 36.4 Å². The van der Waals surface area contributed by atoms with Crippen LogP contribution in [0.3, 0.4) is 0 Å². The van der Waals surface area contributed by atoms with Gasteiger partial charge in [-0.1, -0.05) is 0 Å². The zero-order chi connectivity index (χ0) is 22.5. The normalized spacial score (nSPS) is 16.4. The molecule has 2 aromatic rings. The molecule has 1 aromatic heterocycles. The van der Waals surface area contributed by atoms with Crippen molar-refractivity contribution in [3.8, 4) is 11.3 Å². The van der Waals surface area contributed by atoms with Crippen molar-refractivity contribution >= 4 is 17.8 Å². The molecule has 1 aliphatic carbocycles. The van der Waals surface area contributed by atoms with Gasteiger partial charge in [0, 0.05) is 44.3 Å². The van der Waals surface area contributed by atoms with Crippen LogP contribution in [0.25, 0.3) is 11.3 Å². The van der Waals surface area contributed by atoms with Crippen LogP contribution in [0.2, 0.25) is 0 Å². The summed E-state index contributed by atoms with van der Waals surface area (Å²) in [6, 6.07) is 9.99. The van der Waals surface area contributed by atoms with Gasteiger partial charge >= 0.3 is 6.03 Å². The molecule has 2 heterocycles. The van der Waals surface area contributed by atoms with Crippen molar-refractivity contribution in [3.63, 3.8) is 0 Å². The molecule has 1 aromatic carbocycles. The molecule has 9 heteroatoms. The summed E-state index contributed by atoms with van der Waals surface area (Å²) in [5.74, 6) is 0.461. The minimum absolute atomic E-state index is 0.0113. The number of anilines is 1. The number of hydrogen-bond acceptors (Lipinski definition) is 5. The fourth-order valence-corrected chi connectivity index (χ4v) is 3.92. The van der Waals surface area contributed by atoms with Crippen LogP contribution >= 0.6 is 0 Å². The van der Waals surface area contributed by atoms with Crippen molar-refractivity contribution in [3.05, 3.63) is 42.2 Å². The van der Waals surface area contributed by atoms with Crippen LogP contribution in [-0.4, -0.2) is 77.2 Å². The Labute approximate surface area is 187 Å². The number of nitrogens with one attached hydrogen (secondary N) is 1. The number of rotatable bonds is 6.